The fourth-order valence-electron chi connectivity index (χ4n) is 4.62. The molecule has 0 radical (unpaired) electrons. The van der Waals surface area contributed by atoms with Gasteiger partial charge in [0.05, 0.1) is 30.7 Å². The number of rotatable bonds is 5. The highest BCUT2D eigenvalue weighted by Gasteiger charge is 2.28. The highest BCUT2D eigenvalue weighted by molar-refractivity contribution is 6.30. The number of hydrogen-bond acceptors (Lipinski definition) is 4. The second kappa shape index (κ2) is 9.91. The molecule has 0 aliphatic carbocycles. The first kappa shape index (κ1) is 23.0. The van der Waals surface area contributed by atoms with Crippen molar-refractivity contribution in [3.8, 4) is 16.9 Å². The molecular formula is C28H24ClN7O. The van der Waals surface area contributed by atoms with Gasteiger partial charge in [0.1, 0.15) is 5.69 Å². The monoisotopic (exact) mass is 509 g/mol. The van der Waals surface area contributed by atoms with E-state index in [0.717, 1.165) is 39.6 Å². The van der Waals surface area contributed by atoms with Gasteiger partial charge in [-0.3, -0.25) is 4.68 Å². The molecule has 2 aromatic heterocycles. The van der Waals surface area contributed by atoms with Crippen LogP contribution in [0.1, 0.15) is 17.0 Å². The molecular weight excluding hydrogens is 486 g/mol. The molecule has 0 fully saturated rings. The van der Waals surface area contributed by atoms with Crippen LogP contribution in [0.3, 0.4) is 0 Å². The van der Waals surface area contributed by atoms with Crippen molar-refractivity contribution in [2.45, 2.75) is 19.5 Å². The van der Waals surface area contributed by atoms with E-state index in [0.29, 0.717) is 31.1 Å². The number of nitrogens with zero attached hydrogens (tertiary/aromatic N) is 6. The van der Waals surface area contributed by atoms with Gasteiger partial charge in [0.2, 0.25) is 0 Å². The lowest BCUT2D eigenvalue weighted by molar-refractivity contribution is 0.206. The number of halogens is 1. The number of urea groups is 1. The molecule has 2 amide bonds. The van der Waals surface area contributed by atoms with Gasteiger partial charge in [-0.05, 0) is 30.3 Å². The van der Waals surface area contributed by atoms with E-state index < -0.39 is 0 Å². The van der Waals surface area contributed by atoms with Gasteiger partial charge in [0.25, 0.3) is 0 Å². The SMILES string of the molecule is O=C(Nc1ccccc1)N1CCc2c(c(-c3ccccc3)nn2Cc2cn(-c3cccc(Cl)c3)nn2)C1. The molecule has 0 unspecified atom stereocenters. The van der Waals surface area contributed by atoms with Crippen molar-refractivity contribution >= 4 is 23.3 Å². The van der Waals surface area contributed by atoms with Crippen molar-refractivity contribution < 1.29 is 4.79 Å². The van der Waals surface area contributed by atoms with Crippen molar-refractivity contribution in [2.75, 3.05) is 11.9 Å². The van der Waals surface area contributed by atoms with Crippen LogP contribution in [0.15, 0.2) is 91.1 Å². The average molecular weight is 510 g/mol. The highest BCUT2D eigenvalue weighted by Crippen LogP contribution is 2.31. The fraction of sp³-hybridized carbons (Fsp3) is 0.143. The third-order valence-corrected chi connectivity index (χ3v) is 6.65. The molecule has 0 saturated carbocycles. The molecule has 1 N–H and O–H groups in total. The summed E-state index contributed by atoms with van der Waals surface area (Å²) in [5.74, 6) is 0. The molecule has 9 heteroatoms. The number of para-hydroxylation sites is 1. The number of hydrogen-bond donors (Lipinski definition) is 1. The van der Waals surface area contributed by atoms with Crippen LogP contribution in [-0.4, -0.2) is 42.3 Å². The van der Waals surface area contributed by atoms with Crippen LogP contribution >= 0.6 is 11.6 Å². The lowest BCUT2D eigenvalue weighted by atomic mass is 10.0. The first-order chi connectivity index (χ1) is 18.1. The summed E-state index contributed by atoms with van der Waals surface area (Å²) in [6.45, 7) is 1.56. The molecule has 184 valence electrons. The second-order valence-corrected chi connectivity index (χ2v) is 9.34. The first-order valence-corrected chi connectivity index (χ1v) is 12.4. The quantitative estimate of drug-likeness (QED) is 0.343. The maximum atomic E-state index is 13.0. The molecule has 0 atom stereocenters. The molecule has 6 rings (SSSR count). The zero-order valence-electron chi connectivity index (χ0n) is 20.0. The smallest absolute Gasteiger partial charge is 0.320 e. The Balaban J connectivity index is 1.29. The van der Waals surface area contributed by atoms with E-state index in [2.05, 4.69) is 15.6 Å². The lowest BCUT2D eigenvalue weighted by Gasteiger charge is -2.28. The number of carbonyl (C=O) groups excluding carboxylic acids is 1. The van der Waals surface area contributed by atoms with Gasteiger partial charge in [-0.2, -0.15) is 5.10 Å². The minimum atomic E-state index is -0.118. The van der Waals surface area contributed by atoms with E-state index in [1.165, 1.54) is 0 Å². The van der Waals surface area contributed by atoms with Crippen molar-refractivity contribution in [3.63, 3.8) is 0 Å². The normalized spacial score (nSPS) is 12.8. The molecule has 5 aromatic rings. The van der Waals surface area contributed by atoms with Crippen LogP contribution in [0.4, 0.5) is 10.5 Å². The van der Waals surface area contributed by atoms with Gasteiger partial charge in [-0.25, -0.2) is 9.48 Å². The van der Waals surface area contributed by atoms with E-state index in [-0.39, 0.29) is 6.03 Å². The Hall–Kier alpha value is -4.43. The third-order valence-electron chi connectivity index (χ3n) is 6.42. The number of fused-ring (bicyclic) bond motifs is 1. The lowest BCUT2D eigenvalue weighted by Crippen LogP contribution is -2.39. The first-order valence-electron chi connectivity index (χ1n) is 12.1. The zero-order chi connectivity index (χ0) is 25.2. The van der Waals surface area contributed by atoms with Crippen LogP contribution < -0.4 is 5.32 Å². The van der Waals surface area contributed by atoms with E-state index >= 15 is 0 Å². The molecule has 0 spiro atoms. The zero-order valence-corrected chi connectivity index (χ0v) is 20.7. The summed E-state index contributed by atoms with van der Waals surface area (Å²) in [5, 5.41) is 17.3. The van der Waals surface area contributed by atoms with E-state index in [1.807, 2.05) is 101 Å². The van der Waals surface area contributed by atoms with E-state index in [4.69, 9.17) is 16.7 Å². The fourth-order valence-corrected chi connectivity index (χ4v) is 4.80. The highest BCUT2D eigenvalue weighted by atomic mass is 35.5. The molecule has 0 bridgehead atoms. The molecule has 1 aliphatic rings. The Kier molecular flexibility index (Phi) is 6.16. The Labute approximate surface area is 219 Å². The van der Waals surface area contributed by atoms with Crippen LogP contribution in [0.2, 0.25) is 5.02 Å². The van der Waals surface area contributed by atoms with Crippen LogP contribution in [-0.2, 0) is 19.5 Å². The van der Waals surface area contributed by atoms with Gasteiger partial charge in [-0.1, -0.05) is 71.4 Å². The number of aromatic nitrogens is 5. The number of amides is 2. The van der Waals surface area contributed by atoms with Crippen molar-refractivity contribution in [1.29, 1.82) is 0 Å². The predicted octanol–water partition coefficient (Wildman–Crippen LogP) is 5.42. The molecule has 3 aromatic carbocycles. The average Bonchev–Trinajstić information content (AvgIpc) is 3.55. The Morgan fingerprint density at radius 1 is 0.973 bits per heavy atom. The van der Waals surface area contributed by atoms with Crippen LogP contribution in [0.5, 0.6) is 0 Å². The van der Waals surface area contributed by atoms with E-state index in [9.17, 15) is 4.79 Å². The summed E-state index contributed by atoms with van der Waals surface area (Å²) in [6, 6.07) is 27.0. The molecule has 0 saturated heterocycles. The molecule has 37 heavy (non-hydrogen) atoms. The van der Waals surface area contributed by atoms with Gasteiger partial charge >= 0.3 is 6.03 Å². The van der Waals surface area contributed by atoms with Gasteiger partial charge < -0.3 is 10.2 Å². The summed E-state index contributed by atoms with van der Waals surface area (Å²) >= 11 is 6.14. The van der Waals surface area contributed by atoms with Crippen molar-refractivity contribution in [2.24, 2.45) is 0 Å². The predicted molar refractivity (Wildman–Crippen MR) is 143 cm³/mol. The minimum absolute atomic E-state index is 0.118. The van der Waals surface area contributed by atoms with Gasteiger partial charge in [0, 0.05) is 40.5 Å². The Bertz CT molecular complexity index is 1550. The Morgan fingerprint density at radius 3 is 2.54 bits per heavy atom. The summed E-state index contributed by atoms with van der Waals surface area (Å²) < 4.78 is 3.71. The standard InChI is InChI=1S/C28H24ClN7O/c29-21-10-7-13-24(16-21)35-17-23(31-33-35)18-36-26-14-15-34(28(37)30-22-11-5-2-6-12-22)19-25(26)27(32-36)20-8-3-1-4-9-20/h1-13,16-17H,14-15,18-19H2,(H,30,37). The molecule has 8 nitrogen and oxygen atoms in total. The maximum Gasteiger partial charge on any atom is 0.322 e. The largest absolute Gasteiger partial charge is 0.322 e. The van der Waals surface area contributed by atoms with Crippen LogP contribution in [0.25, 0.3) is 16.9 Å². The summed E-state index contributed by atoms with van der Waals surface area (Å²) in [5.41, 5.74) is 6.48. The summed E-state index contributed by atoms with van der Waals surface area (Å²) in [6.07, 6.45) is 2.59. The number of nitrogens with one attached hydrogen (secondary N) is 1. The van der Waals surface area contributed by atoms with Gasteiger partial charge in [0.15, 0.2) is 0 Å². The van der Waals surface area contributed by atoms with Crippen molar-refractivity contribution in [1.82, 2.24) is 29.7 Å². The minimum Gasteiger partial charge on any atom is -0.320 e. The topological polar surface area (TPSA) is 80.9 Å². The second-order valence-electron chi connectivity index (χ2n) is 8.90. The third kappa shape index (κ3) is 4.83. The number of anilines is 1. The van der Waals surface area contributed by atoms with E-state index in [1.54, 1.807) is 4.68 Å². The number of carbonyl (C=O) groups is 1. The van der Waals surface area contributed by atoms with Crippen LogP contribution in [0, 0.1) is 0 Å². The number of benzene rings is 3. The van der Waals surface area contributed by atoms with Gasteiger partial charge in [-0.15, -0.1) is 5.10 Å². The summed E-state index contributed by atoms with van der Waals surface area (Å²) in [7, 11) is 0. The Morgan fingerprint density at radius 2 is 1.76 bits per heavy atom. The molecule has 3 heterocycles. The van der Waals surface area contributed by atoms with Crippen molar-refractivity contribution in [3.05, 3.63) is 113 Å². The summed E-state index contributed by atoms with van der Waals surface area (Å²) in [4.78, 5) is 14.9. The maximum absolute atomic E-state index is 13.0. The molecule has 1 aliphatic heterocycles.